The van der Waals surface area contributed by atoms with Gasteiger partial charge in [0.15, 0.2) is 5.78 Å². The number of methoxy groups -OCH3 is 1. The van der Waals surface area contributed by atoms with Crippen molar-refractivity contribution in [3.63, 3.8) is 0 Å². The molecule has 4 rings (SSSR count). The number of ether oxygens (including phenoxy) is 1. The third kappa shape index (κ3) is 3.77. The summed E-state index contributed by atoms with van der Waals surface area (Å²) in [6.07, 6.45) is 1.16. The van der Waals surface area contributed by atoms with Gasteiger partial charge in [0.2, 0.25) is 9.84 Å². The number of hydrogen-bond donors (Lipinski definition) is 0. The number of ketones is 1. The molecule has 31 heavy (non-hydrogen) atoms. The molecule has 0 aliphatic carbocycles. The van der Waals surface area contributed by atoms with E-state index in [0.29, 0.717) is 5.75 Å². The van der Waals surface area contributed by atoms with E-state index >= 15 is 0 Å². The molecule has 3 aromatic carbocycles. The average molecular weight is 439 g/mol. The van der Waals surface area contributed by atoms with Crippen molar-refractivity contribution in [2.75, 3.05) is 7.11 Å². The van der Waals surface area contributed by atoms with Crippen molar-refractivity contribution in [3.05, 3.63) is 95.7 Å². The Hall–Kier alpha value is -3.65. The molecule has 0 saturated carbocycles. The van der Waals surface area contributed by atoms with Crippen LogP contribution in [0.25, 0.3) is 10.9 Å². The number of benzene rings is 3. The van der Waals surface area contributed by atoms with Gasteiger partial charge in [0.05, 0.1) is 28.0 Å². The highest BCUT2D eigenvalue weighted by atomic mass is 32.2. The molecule has 0 radical (unpaired) electrons. The third-order valence-corrected chi connectivity index (χ3v) is 6.64. The van der Waals surface area contributed by atoms with Crippen LogP contribution in [-0.2, 0) is 9.84 Å². The molecule has 0 fully saturated rings. The normalized spacial score (nSPS) is 11.5. The predicted octanol–water partition coefficient (Wildman–Crippen LogP) is 4.59. The van der Waals surface area contributed by atoms with Crippen LogP contribution in [0.5, 0.6) is 5.75 Å². The molecule has 0 bridgehead atoms. The van der Waals surface area contributed by atoms with Crippen molar-refractivity contribution in [1.29, 1.82) is 0 Å². The van der Waals surface area contributed by atoms with Crippen LogP contribution < -0.4 is 4.74 Å². The Bertz CT molecular complexity index is 1400. The Morgan fingerprint density at radius 1 is 0.903 bits per heavy atom. The minimum atomic E-state index is -4.31. The predicted molar refractivity (Wildman–Crippen MR) is 110 cm³/mol. The molecular formula is C23H15F2NO4S. The third-order valence-electron chi connectivity index (χ3n) is 4.77. The molecule has 0 unspecified atom stereocenters. The highest BCUT2D eigenvalue weighted by Crippen LogP contribution is 2.32. The van der Waals surface area contributed by atoms with Gasteiger partial charge in [-0.2, -0.15) is 0 Å². The molecule has 1 aromatic heterocycles. The smallest absolute Gasteiger partial charge is 0.208 e. The lowest BCUT2D eigenvalue weighted by molar-refractivity contribution is 0.103. The summed E-state index contributed by atoms with van der Waals surface area (Å²) in [5.41, 5.74) is 0.190. The van der Waals surface area contributed by atoms with Crippen molar-refractivity contribution in [2.24, 2.45) is 0 Å². The zero-order valence-corrected chi connectivity index (χ0v) is 17.0. The molecular weight excluding hydrogens is 424 g/mol. The van der Waals surface area contributed by atoms with E-state index in [1.54, 1.807) is 12.1 Å². The standard InChI is InChI=1S/C23H15F2NO4S/c1-30-17-7-2-14(3-8-17)22(27)20-13-26-21-11-6-16(25)12-19(21)23(20)31(28,29)18-9-4-15(24)5-10-18/h2-13H,1H3. The summed E-state index contributed by atoms with van der Waals surface area (Å²) in [6, 6.07) is 13.8. The van der Waals surface area contributed by atoms with Gasteiger partial charge in [-0.05, 0) is 66.7 Å². The number of rotatable bonds is 5. The molecule has 0 amide bonds. The maximum atomic E-state index is 14.0. The molecule has 8 heteroatoms. The van der Waals surface area contributed by atoms with Gasteiger partial charge < -0.3 is 4.74 Å². The van der Waals surface area contributed by atoms with Crippen LogP contribution in [0.3, 0.4) is 0 Å². The quantitative estimate of drug-likeness (QED) is 0.336. The molecule has 0 aliphatic rings. The van der Waals surface area contributed by atoms with Crippen LogP contribution in [0, 0.1) is 11.6 Å². The van der Waals surface area contributed by atoms with E-state index in [-0.39, 0.29) is 31.8 Å². The Balaban J connectivity index is 2.00. The lowest BCUT2D eigenvalue weighted by Gasteiger charge is -2.13. The monoisotopic (exact) mass is 439 g/mol. The van der Waals surface area contributed by atoms with Crippen molar-refractivity contribution in [2.45, 2.75) is 9.79 Å². The number of aromatic nitrogens is 1. The molecule has 5 nitrogen and oxygen atoms in total. The van der Waals surface area contributed by atoms with E-state index < -0.39 is 27.3 Å². The Labute approximate surface area is 176 Å². The first kappa shape index (κ1) is 20.6. The van der Waals surface area contributed by atoms with Gasteiger partial charge in [-0.25, -0.2) is 17.2 Å². The molecule has 1 heterocycles. The molecule has 0 N–H and O–H groups in total. The van der Waals surface area contributed by atoms with Crippen LogP contribution in [0.1, 0.15) is 15.9 Å². The van der Waals surface area contributed by atoms with Crippen LogP contribution in [0.15, 0.2) is 82.7 Å². The van der Waals surface area contributed by atoms with Crippen molar-refractivity contribution in [1.82, 2.24) is 4.98 Å². The second-order valence-electron chi connectivity index (χ2n) is 6.68. The van der Waals surface area contributed by atoms with Crippen LogP contribution in [-0.4, -0.2) is 26.3 Å². The number of carbonyl (C=O) groups excluding carboxylic acids is 1. The van der Waals surface area contributed by atoms with E-state index in [1.807, 2.05) is 0 Å². The summed E-state index contributed by atoms with van der Waals surface area (Å²) in [5.74, 6) is -1.38. The first-order valence-electron chi connectivity index (χ1n) is 9.09. The maximum Gasteiger partial charge on any atom is 0.208 e. The summed E-state index contributed by atoms with van der Waals surface area (Å²) < 4.78 is 59.4. The molecule has 0 aliphatic heterocycles. The lowest BCUT2D eigenvalue weighted by atomic mass is 10.0. The SMILES string of the molecule is COc1ccc(C(=O)c2cnc3ccc(F)cc3c2S(=O)(=O)c2ccc(F)cc2)cc1. The van der Waals surface area contributed by atoms with E-state index in [1.165, 1.54) is 25.3 Å². The largest absolute Gasteiger partial charge is 0.497 e. The van der Waals surface area contributed by atoms with Crippen LogP contribution in [0.2, 0.25) is 0 Å². The zero-order valence-electron chi connectivity index (χ0n) is 16.2. The van der Waals surface area contributed by atoms with Gasteiger partial charge in [-0.15, -0.1) is 0 Å². The first-order valence-corrected chi connectivity index (χ1v) is 10.6. The fourth-order valence-corrected chi connectivity index (χ4v) is 4.84. The average Bonchev–Trinajstić information content (AvgIpc) is 2.78. The van der Waals surface area contributed by atoms with Crippen LogP contribution >= 0.6 is 0 Å². The second-order valence-corrected chi connectivity index (χ2v) is 8.56. The fourth-order valence-electron chi connectivity index (χ4n) is 3.22. The highest BCUT2D eigenvalue weighted by Gasteiger charge is 2.28. The van der Waals surface area contributed by atoms with Crippen LogP contribution in [0.4, 0.5) is 8.78 Å². The number of fused-ring (bicyclic) bond motifs is 1. The first-order chi connectivity index (χ1) is 14.8. The maximum absolute atomic E-state index is 14.0. The van der Waals surface area contributed by atoms with Crippen molar-refractivity contribution in [3.8, 4) is 5.75 Å². The Kier molecular flexibility index (Phi) is 5.24. The summed E-state index contributed by atoms with van der Waals surface area (Å²) in [7, 11) is -2.84. The fraction of sp³-hybridized carbons (Fsp3) is 0.0435. The van der Waals surface area contributed by atoms with E-state index in [0.717, 1.165) is 42.6 Å². The summed E-state index contributed by atoms with van der Waals surface area (Å²) >= 11 is 0. The second kappa shape index (κ2) is 7.88. The van der Waals surface area contributed by atoms with Gasteiger partial charge in [0.25, 0.3) is 0 Å². The molecule has 0 saturated heterocycles. The molecule has 4 aromatic rings. The van der Waals surface area contributed by atoms with Crippen molar-refractivity contribution >= 4 is 26.5 Å². The topological polar surface area (TPSA) is 73.3 Å². The van der Waals surface area contributed by atoms with Gasteiger partial charge in [0, 0.05) is 17.1 Å². The zero-order chi connectivity index (χ0) is 22.2. The Morgan fingerprint density at radius 2 is 1.55 bits per heavy atom. The summed E-state index contributed by atoms with van der Waals surface area (Å²) in [5, 5.41) is -0.0383. The number of nitrogens with zero attached hydrogens (tertiary/aromatic N) is 1. The van der Waals surface area contributed by atoms with E-state index in [2.05, 4.69) is 4.98 Å². The van der Waals surface area contributed by atoms with E-state index in [9.17, 15) is 22.0 Å². The number of sulfone groups is 1. The van der Waals surface area contributed by atoms with Crippen molar-refractivity contribution < 1.29 is 26.7 Å². The summed E-state index contributed by atoms with van der Waals surface area (Å²) in [6.45, 7) is 0. The molecule has 0 spiro atoms. The van der Waals surface area contributed by atoms with Gasteiger partial charge in [-0.3, -0.25) is 9.78 Å². The minimum Gasteiger partial charge on any atom is -0.497 e. The molecule has 0 atom stereocenters. The number of hydrogen-bond acceptors (Lipinski definition) is 5. The minimum absolute atomic E-state index is 0.0383. The lowest BCUT2D eigenvalue weighted by Crippen LogP contribution is -2.13. The van der Waals surface area contributed by atoms with E-state index in [4.69, 9.17) is 4.74 Å². The highest BCUT2D eigenvalue weighted by molar-refractivity contribution is 7.91. The Morgan fingerprint density at radius 3 is 2.19 bits per heavy atom. The van der Waals surface area contributed by atoms with Gasteiger partial charge in [-0.1, -0.05) is 0 Å². The number of carbonyl (C=O) groups is 1. The molecule has 156 valence electrons. The number of pyridine rings is 1. The number of halogens is 2. The van der Waals surface area contributed by atoms with Gasteiger partial charge >= 0.3 is 0 Å². The van der Waals surface area contributed by atoms with Gasteiger partial charge in [0.1, 0.15) is 17.4 Å². The summed E-state index contributed by atoms with van der Waals surface area (Å²) in [4.78, 5) is 16.8.